The van der Waals surface area contributed by atoms with Gasteiger partial charge in [-0.3, -0.25) is 0 Å². The van der Waals surface area contributed by atoms with E-state index in [1.165, 1.54) is 0 Å². The van der Waals surface area contributed by atoms with Gasteiger partial charge in [-0.15, -0.1) is 0 Å². The van der Waals surface area contributed by atoms with Crippen molar-refractivity contribution in [1.82, 2.24) is 19.5 Å². The maximum absolute atomic E-state index is 6.60. The van der Waals surface area contributed by atoms with Crippen LogP contribution in [0.4, 0.5) is 0 Å². The maximum Gasteiger partial charge on any atom is 0.164 e. The first-order valence-corrected chi connectivity index (χ1v) is 26.5. The van der Waals surface area contributed by atoms with Gasteiger partial charge in [0.15, 0.2) is 17.5 Å². The standard InChI is InChI=1S/C69H40N4O3.C2H6/c1-2-14-41(15-3-1)67-70-68(72-69(71-67)47-31-34-55-52-21-5-8-28-61(52)75-64(55)40-47)46-18-11-19-48(37-46)73-59-35-32-45(50-24-13-26-57-53-22-6-9-29-62(53)76-66(50)57)38-58(59)56-25-12-23-49(65(56)73)44-17-10-16-42(36-44)43-30-33-54-51-20-4-7-27-60(51)74-63(54)39-43;1-2/h1-40H;1-2H3. The van der Waals surface area contributed by atoms with Gasteiger partial charge in [0.25, 0.3) is 0 Å². The summed E-state index contributed by atoms with van der Waals surface area (Å²) in [5.74, 6) is 1.70. The molecule has 0 radical (unpaired) electrons. The molecule has 0 atom stereocenters. The Labute approximate surface area is 447 Å². The molecular formula is C71H46N4O3. The van der Waals surface area contributed by atoms with E-state index in [1.807, 2.05) is 92.7 Å². The number of nitrogens with zero attached hydrogens (tertiary/aromatic N) is 4. The largest absolute Gasteiger partial charge is 0.456 e. The molecule has 16 aromatic rings. The van der Waals surface area contributed by atoms with Gasteiger partial charge in [-0.2, -0.15) is 0 Å². The Bertz CT molecular complexity index is 5020. The van der Waals surface area contributed by atoms with Gasteiger partial charge in [0.05, 0.1) is 11.0 Å². The van der Waals surface area contributed by atoms with Crippen molar-refractivity contribution in [2.75, 3.05) is 0 Å². The van der Waals surface area contributed by atoms with E-state index in [1.54, 1.807) is 0 Å². The van der Waals surface area contributed by atoms with E-state index in [4.69, 9.17) is 28.2 Å². The van der Waals surface area contributed by atoms with Gasteiger partial charge >= 0.3 is 0 Å². The van der Waals surface area contributed by atoms with Crippen LogP contribution >= 0.6 is 0 Å². The summed E-state index contributed by atoms with van der Waals surface area (Å²) >= 11 is 0. The average molecular weight is 1000 g/mol. The number of hydrogen-bond donors (Lipinski definition) is 0. The molecule has 0 spiro atoms. The van der Waals surface area contributed by atoms with Gasteiger partial charge < -0.3 is 17.8 Å². The van der Waals surface area contributed by atoms with Crippen molar-refractivity contribution in [2.24, 2.45) is 0 Å². The number of rotatable bonds is 7. The Morgan fingerprint density at radius 2 is 0.744 bits per heavy atom. The molecule has 0 bridgehead atoms. The van der Waals surface area contributed by atoms with Crippen LogP contribution in [0.25, 0.3) is 161 Å². The molecule has 0 N–H and O–H groups in total. The van der Waals surface area contributed by atoms with E-state index in [-0.39, 0.29) is 0 Å². The Morgan fingerprint density at radius 1 is 0.282 bits per heavy atom. The molecule has 0 aliphatic carbocycles. The molecule has 7 heteroatoms. The fraction of sp³-hybridized carbons (Fsp3) is 0.0282. The average Bonchev–Trinajstić information content (AvgIpc) is 4.35. The van der Waals surface area contributed by atoms with Crippen LogP contribution in [0.2, 0.25) is 0 Å². The third kappa shape index (κ3) is 7.31. The van der Waals surface area contributed by atoms with Crippen molar-refractivity contribution in [3.63, 3.8) is 0 Å². The number of furan rings is 3. The summed E-state index contributed by atoms with van der Waals surface area (Å²) in [7, 11) is 0. The normalized spacial score (nSPS) is 11.7. The minimum atomic E-state index is 0.558. The van der Waals surface area contributed by atoms with Crippen molar-refractivity contribution < 1.29 is 13.3 Å². The van der Waals surface area contributed by atoms with E-state index in [2.05, 4.69) is 168 Å². The number of para-hydroxylation sites is 5. The summed E-state index contributed by atoms with van der Waals surface area (Å²) in [4.78, 5) is 15.5. The molecule has 16 rings (SSSR count). The first kappa shape index (κ1) is 45.1. The highest BCUT2D eigenvalue weighted by molar-refractivity contribution is 6.16. The topological polar surface area (TPSA) is 83.0 Å². The first-order valence-electron chi connectivity index (χ1n) is 26.5. The van der Waals surface area contributed by atoms with Gasteiger partial charge in [-0.05, 0) is 95.1 Å². The molecule has 5 heterocycles. The highest BCUT2D eigenvalue weighted by Crippen LogP contribution is 2.44. The molecule has 0 aliphatic heterocycles. The third-order valence-corrected chi connectivity index (χ3v) is 15.1. The molecule has 5 aromatic heterocycles. The van der Waals surface area contributed by atoms with Crippen molar-refractivity contribution in [2.45, 2.75) is 13.8 Å². The highest BCUT2D eigenvalue weighted by Gasteiger charge is 2.22. The van der Waals surface area contributed by atoms with E-state index in [0.717, 1.165) is 143 Å². The van der Waals surface area contributed by atoms with Crippen molar-refractivity contribution in [3.8, 4) is 73.2 Å². The van der Waals surface area contributed by atoms with Gasteiger partial charge in [0, 0.05) is 76.6 Å². The zero-order valence-electron chi connectivity index (χ0n) is 42.6. The summed E-state index contributed by atoms with van der Waals surface area (Å²) in [5.41, 5.74) is 17.3. The van der Waals surface area contributed by atoms with Crippen LogP contribution in [0.15, 0.2) is 256 Å². The third-order valence-electron chi connectivity index (χ3n) is 15.1. The van der Waals surface area contributed by atoms with Crippen molar-refractivity contribution in [3.05, 3.63) is 243 Å². The summed E-state index contributed by atoms with van der Waals surface area (Å²) in [5, 5.41) is 8.79. The lowest BCUT2D eigenvalue weighted by atomic mass is 9.96. The fourth-order valence-corrected chi connectivity index (χ4v) is 11.5. The fourth-order valence-electron chi connectivity index (χ4n) is 11.5. The van der Waals surface area contributed by atoms with E-state index >= 15 is 0 Å². The molecule has 368 valence electrons. The number of aromatic nitrogens is 4. The Balaban J connectivity index is 0.00000262. The monoisotopic (exact) mass is 1000 g/mol. The molecule has 78 heavy (non-hydrogen) atoms. The summed E-state index contributed by atoms with van der Waals surface area (Å²) < 4.78 is 21.7. The molecule has 0 amide bonds. The Morgan fingerprint density at radius 3 is 1.46 bits per heavy atom. The lowest BCUT2D eigenvalue weighted by molar-refractivity contribution is 0.668. The van der Waals surface area contributed by atoms with Crippen LogP contribution < -0.4 is 0 Å². The summed E-state index contributed by atoms with van der Waals surface area (Å²) in [6, 6.07) is 84.8. The Kier molecular flexibility index (Phi) is 10.5. The second-order valence-electron chi connectivity index (χ2n) is 19.5. The molecule has 0 fully saturated rings. The van der Waals surface area contributed by atoms with Crippen molar-refractivity contribution in [1.29, 1.82) is 0 Å². The highest BCUT2D eigenvalue weighted by atomic mass is 16.3. The van der Waals surface area contributed by atoms with E-state index < -0.39 is 0 Å². The minimum Gasteiger partial charge on any atom is -0.456 e. The quantitative estimate of drug-likeness (QED) is 0.158. The smallest absolute Gasteiger partial charge is 0.164 e. The lowest BCUT2D eigenvalue weighted by Gasteiger charge is -2.14. The predicted octanol–water partition coefficient (Wildman–Crippen LogP) is 19.7. The van der Waals surface area contributed by atoms with E-state index in [0.29, 0.717) is 17.5 Å². The number of hydrogen-bond acceptors (Lipinski definition) is 6. The number of benzene rings is 11. The SMILES string of the molecule is CC.c1ccc(-c2nc(-c3cccc(-n4c5ccc(-c6cccc7c6oc6ccccc67)cc5c5cccc(-c6cccc(-c7ccc8c(c7)oc7ccccc78)c6)c54)c3)nc(-c3ccc4c(c3)oc3ccccc34)n2)cc1. The first-order chi connectivity index (χ1) is 38.6. The van der Waals surface area contributed by atoms with Crippen molar-refractivity contribution >= 4 is 87.6 Å². The predicted molar refractivity (Wildman–Crippen MR) is 320 cm³/mol. The van der Waals surface area contributed by atoms with Crippen LogP contribution in [-0.4, -0.2) is 19.5 Å². The van der Waals surface area contributed by atoms with Gasteiger partial charge in [0.2, 0.25) is 0 Å². The van der Waals surface area contributed by atoms with E-state index in [9.17, 15) is 0 Å². The van der Waals surface area contributed by atoms with Gasteiger partial charge in [-0.25, -0.2) is 15.0 Å². The second kappa shape index (κ2) is 18.2. The molecule has 7 nitrogen and oxygen atoms in total. The minimum absolute atomic E-state index is 0.558. The maximum atomic E-state index is 6.60. The zero-order chi connectivity index (χ0) is 51.8. The molecular weight excluding hydrogens is 957 g/mol. The molecule has 0 unspecified atom stereocenters. The van der Waals surface area contributed by atoms with Gasteiger partial charge in [0.1, 0.15) is 33.5 Å². The summed E-state index contributed by atoms with van der Waals surface area (Å²) in [6.07, 6.45) is 0. The van der Waals surface area contributed by atoms with Crippen LogP contribution in [-0.2, 0) is 0 Å². The molecule has 0 saturated heterocycles. The van der Waals surface area contributed by atoms with Crippen LogP contribution in [0, 0.1) is 0 Å². The lowest BCUT2D eigenvalue weighted by Crippen LogP contribution is -2.01. The Hall–Kier alpha value is -10.4. The van der Waals surface area contributed by atoms with Gasteiger partial charge in [-0.1, -0.05) is 184 Å². The molecule has 0 aliphatic rings. The molecule has 0 saturated carbocycles. The second-order valence-corrected chi connectivity index (χ2v) is 19.5. The van der Waals surface area contributed by atoms with Crippen LogP contribution in [0.1, 0.15) is 13.8 Å². The molecule has 11 aromatic carbocycles. The number of fused-ring (bicyclic) bond motifs is 12. The zero-order valence-corrected chi connectivity index (χ0v) is 42.6. The van der Waals surface area contributed by atoms with Crippen LogP contribution in [0.3, 0.4) is 0 Å². The van der Waals surface area contributed by atoms with Crippen LogP contribution in [0.5, 0.6) is 0 Å². The summed E-state index contributed by atoms with van der Waals surface area (Å²) in [6.45, 7) is 4.00.